The van der Waals surface area contributed by atoms with Crippen LogP contribution < -0.4 is 16.0 Å². The van der Waals surface area contributed by atoms with Crippen molar-refractivity contribution in [2.45, 2.75) is 32.4 Å². The number of aromatic nitrogens is 1. The van der Waals surface area contributed by atoms with Gasteiger partial charge < -0.3 is 16.0 Å². The summed E-state index contributed by atoms with van der Waals surface area (Å²) in [6.45, 7) is 6.11. The molecule has 0 radical (unpaired) electrons. The van der Waals surface area contributed by atoms with E-state index in [9.17, 15) is 0 Å². The van der Waals surface area contributed by atoms with Gasteiger partial charge in [-0.05, 0) is 57.6 Å². The highest BCUT2D eigenvalue weighted by Gasteiger charge is 1.99. The number of hydrogen-bond acceptors (Lipinski definition) is 4. The van der Waals surface area contributed by atoms with Gasteiger partial charge in [-0.1, -0.05) is 6.07 Å². The van der Waals surface area contributed by atoms with Crippen LogP contribution in [0.4, 0.5) is 0 Å². The third kappa shape index (κ3) is 5.12. The molecular weight excluding hydrogens is 224 g/mol. The second kappa shape index (κ2) is 8.19. The number of rotatable bonds is 0. The highest BCUT2D eigenvalue weighted by molar-refractivity contribution is 5.11. The molecule has 4 heteroatoms. The van der Waals surface area contributed by atoms with E-state index < -0.39 is 0 Å². The van der Waals surface area contributed by atoms with Crippen molar-refractivity contribution in [3.05, 3.63) is 29.6 Å². The molecule has 2 heterocycles. The lowest BCUT2D eigenvalue weighted by atomic mass is 10.2. The first-order valence-electron chi connectivity index (χ1n) is 7.02. The van der Waals surface area contributed by atoms with Gasteiger partial charge in [-0.2, -0.15) is 0 Å². The molecule has 18 heavy (non-hydrogen) atoms. The molecule has 1 aromatic heterocycles. The Labute approximate surface area is 110 Å². The predicted octanol–water partition coefficient (Wildman–Crippen LogP) is 1.03. The summed E-state index contributed by atoms with van der Waals surface area (Å²) in [4.78, 5) is 4.64. The first-order valence-corrected chi connectivity index (χ1v) is 7.02. The van der Waals surface area contributed by atoms with Crippen LogP contribution in [0, 0.1) is 0 Å². The van der Waals surface area contributed by atoms with Crippen LogP contribution in [0.3, 0.4) is 0 Å². The number of pyridine rings is 1. The van der Waals surface area contributed by atoms with Gasteiger partial charge in [0.05, 0.1) is 11.4 Å². The van der Waals surface area contributed by atoms with Gasteiger partial charge in [0.25, 0.3) is 0 Å². The molecule has 0 fully saturated rings. The Balaban J connectivity index is 1.87. The number of fused-ring (bicyclic) bond motifs is 2. The van der Waals surface area contributed by atoms with Gasteiger partial charge in [0.15, 0.2) is 0 Å². The van der Waals surface area contributed by atoms with Gasteiger partial charge in [0, 0.05) is 13.1 Å². The minimum atomic E-state index is 0.869. The maximum atomic E-state index is 4.64. The molecule has 2 bridgehead atoms. The summed E-state index contributed by atoms with van der Waals surface area (Å²) in [5.74, 6) is 0. The van der Waals surface area contributed by atoms with Crippen LogP contribution in [-0.2, 0) is 13.1 Å². The third-order valence-electron chi connectivity index (χ3n) is 3.14. The second-order valence-corrected chi connectivity index (χ2v) is 4.78. The monoisotopic (exact) mass is 248 g/mol. The lowest BCUT2D eigenvalue weighted by Gasteiger charge is -2.06. The fraction of sp³-hybridized carbons (Fsp3) is 0.643. The Morgan fingerprint density at radius 1 is 0.722 bits per heavy atom. The van der Waals surface area contributed by atoms with E-state index in [4.69, 9.17) is 0 Å². The number of nitrogens with one attached hydrogen (secondary N) is 3. The lowest BCUT2D eigenvalue weighted by molar-refractivity contribution is 0.561. The molecule has 0 atom stereocenters. The number of nitrogens with zero attached hydrogens (tertiary/aromatic N) is 1. The summed E-state index contributed by atoms with van der Waals surface area (Å²) in [7, 11) is 0. The minimum absolute atomic E-state index is 0.869. The van der Waals surface area contributed by atoms with Crippen LogP contribution in [0.1, 0.15) is 30.7 Å². The van der Waals surface area contributed by atoms with Crippen molar-refractivity contribution in [1.82, 2.24) is 20.9 Å². The Kier molecular flexibility index (Phi) is 6.12. The fourth-order valence-corrected chi connectivity index (χ4v) is 2.12. The summed E-state index contributed by atoms with van der Waals surface area (Å²) in [6.07, 6.45) is 3.65. The lowest BCUT2D eigenvalue weighted by Crippen LogP contribution is -2.23. The molecular formula is C14H24N4. The van der Waals surface area contributed by atoms with Crippen molar-refractivity contribution in [3.8, 4) is 0 Å². The SMILES string of the molecule is c1cc2nc(c1)CNCCCNCCCCNC2. The van der Waals surface area contributed by atoms with E-state index in [2.05, 4.69) is 39.1 Å². The molecule has 2 rings (SSSR count). The summed E-state index contributed by atoms with van der Waals surface area (Å²) >= 11 is 0. The molecule has 0 aliphatic carbocycles. The zero-order chi connectivity index (χ0) is 12.5. The van der Waals surface area contributed by atoms with Crippen molar-refractivity contribution in [1.29, 1.82) is 0 Å². The van der Waals surface area contributed by atoms with E-state index in [1.807, 2.05) is 0 Å². The van der Waals surface area contributed by atoms with Crippen molar-refractivity contribution in [2.75, 3.05) is 26.2 Å². The Bertz CT molecular complexity index is 311. The van der Waals surface area contributed by atoms with Gasteiger partial charge in [-0.3, -0.25) is 4.98 Å². The molecule has 0 saturated carbocycles. The largest absolute Gasteiger partial charge is 0.317 e. The molecule has 0 unspecified atom stereocenters. The third-order valence-corrected chi connectivity index (χ3v) is 3.14. The van der Waals surface area contributed by atoms with Crippen LogP contribution in [0.5, 0.6) is 0 Å². The molecule has 0 amide bonds. The predicted molar refractivity (Wildman–Crippen MR) is 74.4 cm³/mol. The molecule has 0 spiro atoms. The van der Waals surface area contributed by atoms with E-state index in [0.29, 0.717) is 0 Å². The van der Waals surface area contributed by atoms with Gasteiger partial charge in [0.2, 0.25) is 0 Å². The zero-order valence-corrected chi connectivity index (χ0v) is 11.0. The first kappa shape index (κ1) is 13.5. The normalized spacial score (nSPS) is 19.8. The van der Waals surface area contributed by atoms with Crippen molar-refractivity contribution in [3.63, 3.8) is 0 Å². The summed E-state index contributed by atoms with van der Waals surface area (Å²) in [5, 5.41) is 10.4. The van der Waals surface area contributed by atoms with E-state index >= 15 is 0 Å². The van der Waals surface area contributed by atoms with Gasteiger partial charge in [-0.25, -0.2) is 0 Å². The molecule has 1 aliphatic heterocycles. The van der Waals surface area contributed by atoms with E-state index in [0.717, 1.165) is 50.7 Å². The van der Waals surface area contributed by atoms with Crippen molar-refractivity contribution in [2.24, 2.45) is 0 Å². The Morgan fingerprint density at radius 2 is 1.28 bits per heavy atom. The molecule has 0 aromatic carbocycles. The molecule has 3 N–H and O–H groups in total. The van der Waals surface area contributed by atoms with Crippen LogP contribution in [-0.4, -0.2) is 31.2 Å². The van der Waals surface area contributed by atoms with E-state index in [1.165, 1.54) is 19.3 Å². The van der Waals surface area contributed by atoms with Crippen molar-refractivity contribution < 1.29 is 0 Å². The Morgan fingerprint density at radius 3 is 2.00 bits per heavy atom. The quantitative estimate of drug-likeness (QED) is 0.642. The van der Waals surface area contributed by atoms with Crippen LogP contribution in [0.2, 0.25) is 0 Å². The standard InChI is InChI=1S/C14H24N4/c1-2-8-16-11-13-5-3-6-14(18-13)12-17-10-4-9-15-7-1/h3,5-6,15-17H,1-2,4,7-12H2. The highest BCUT2D eigenvalue weighted by Crippen LogP contribution is 2.00. The van der Waals surface area contributed by atoms with E-state index in [1.54, 1.807) is 0 Å². The number of hydrogen-bond donors (Lipinski definition) is 3. The molecule has 100 valence electrons. The fourth-order valence-electron chi connectivity index (χ4n) is 2.12. The van der Waals surface area contributed by atoms with Crippen LogP contribution in [0.25, 0.3) is 0 Å². The van der Waals surface area contributed by atoms with Gasteiger partial charge in [0.1, 0.15) is 0 Å². The maximum absolute atomic E-state index is 4.64. The van der Waals surface area contributed by atoms with Crippen LogP contribution in [0.15, 0.2) is 18.2 Å². The topological polar surface area (TPSA) is 49.0 Å². The highest BCUT2D eigenvalue weighted by atomic mass is 14.9. The maximum Gasteiger partial charge on any atom is 0.0545 e. The molecule has 4 nitrogen and oxygen atoms in total. The van der Waals surface area contributed by atoms with Gasteiger partial charge in [-0.15, -0.1) is 0 Å². The average molecular weight is 248 g/mol. The van der Waals surface area contributed by atoms with Crippen LogP contribution >= 0.6 is 0 Å². The second-order valence-electron chi connectivity index (χ2n) is 4.78. The zero-order valence-electron chi connectivity index (χ0n) is 11.0. The smallest absolute Gasteiger partial charge is 0.0545 e. The van der Waals surface area contributed by atoms with Gasteiger partial charge >= 0.3 is 0 Å². The van der Waals surface area contributed by atoms with E-state index in [-0.39, 0.29) is 0 Å². The summed E-state index contributed by atoms with van der Waals surface area (Å²) < 4.78 is 0. The average Bonchev–Trinajstić information content (AvgIpc) is 2.40. The first-order chi connectivity index (χ1) is 8.95. The molecule has 0 saturated heterocycles. The Hall–Kier alpha value is -0.970. The minimum Gasteiger partial charge on any atom is -0.317 e. The molecule has 1 aliphatic rings. The molecule has 1 aromatic rings. The van der Waals surface area contributed by atoms with Crippen molar-refractivity contribution >= 4 is 0 Å². The summed E-state index contributed by atoms with van der Waals surface area (Å²) in [5.41, 5.74) is 2.28. The summed E-state index contributed by atoms with van der Waals surface area (Å²) in [6, 6.07) is 6.28.